The molecule has 2 atom stereocenters. The van der Waals surface area contributed by atoms with Crippen LogP contribution >= 0.6 is 0 Å². The maximum Gasteiger partial charge on any atom is 0.239 e. The summed E-state index contributed by atoms with van der Waals surface area (Å²) >= 11 is 0. The van der Waals surface area contributed by atoms with Crippen LogP contribution in [0, 0.1) is 5.92 Å². The van der Waals surface area contributed by atoms with Crippen molar-refractivity contribution < 1.29 is 4.79 Å². The van der Waals surface area contributed by atoms with Gasteiger partial charge in [0, 0.05) is 12.6 Å². The average Bonchev–Trinajstić information content (AvgIpc) is 2.82. The molecule has 0 aromatic rings. The van der Waals surface area contributed by atoms with Crippen molar-refractivity contribution in [3.8, 4) is 0 Å². The van der Waals surface area contributed by atoms with E-state index in [0.29, 0.717) is 24.9 Å². The number of hydrogen-bond acceptors (Lipinski definition) is 3. The fourth-order valence-electron chi connectivity index (χ4n) is 2.42. The number of nitrogens with two attached hydrogens (primary N) is 1. The standard InChI is InChI=1S/C14H29N3O/c1-5-14(4,15)13(18)16-10-12(11(2)3)17-8-6-7-9-17/h11-12H,5-10,15H2,1-4H3,(H,16,18). The van der Waals surface area contributed by atoms with Crippen LogP contribution in [-0.2, 0) is 4.79 Å². The summed E-state index contributed by atoms with van der Waals surface area (Å²) in [5.74, 6) is 0.518. The van der Waals surface area contributed by atoms with E-state index in [1.165, 1.54) is 12.8 Å². The van der Waals surface area contributed by atoms with E-state index < -0.39 is 5.54 Å². The first-order valence-electron chi connectivity index (χ1n) is 7.19. The van der Waals surface area contributed by atoms with Crippen molar-refractivity contribution in [3.05, 3.63) is 0 Å². The van der Waals surface area contributed by atoms with Crippen LogP contribution in [0.5, 0.6) is 0 Å². The van der Waals surface area contributed by atoms with Crippen LogP contribution in [0.1, 0.15) is 47.0 Å². The van der Waals surface area contributed by atoms with Crippen molar-refractivity contribution in [2.45, 2.75) is 58.5 Å². The molecule has 1 aliphatic heterocycles. The van der Waals surface area contributed by atoms with Crippen molar-refractivity contribution in [2.75, 3.05) is 19.6 Å². The molecule has 1 rings (SSSR count). The highest BCUT2D eigenvalue weighted by atomic mass is 16.2. The molecule has 0 saturated carbocycles. The van der Waals surface area contributed by atoms with E-state index in [2.05, 4.69) is 24.1 Å². The van der Waals surface area contributed by atoms with E-state index in [4.69, 9.17) is 5.73 Å². The lowest BCUT2D eigenvalue weighted by atomic mass is 9.98. The maximum atomic E-state index is 12.0. The van der Waals surface area contributed by atoms with Gasteiger partial charge in [-0.2, -0.15) is 0 Å². The van der Waals surface area contributed by atoms with Crippen LogP contribution in [0.25, 0.3) is 0 Å². The maximum absolute atomic E-state index is 12.0. The van der Waals surface area contributed by atoms with Gasteiger partial charge >= 0.3 is 0 Å². The third kappa shape index (κ3) is 3.95. The zero-order chi connectivity index (χ0) is 13.8. The Kier molecular flexibility index (Phi) is 5.60. The van der Waals surface area contributed by atoms with Crippen LogP contribution in [0.2, 0.25) is 0 Å². The smallest absolute Gasteiger partial charge is 0.239 e. The van der Waals surface area contributed by atoms with E-state index in [-0.39, 0.29) is 5.91 Å². The summed E-state index contributed by atoms with van der Waals surface area (Å²) in [5, 5.41) is 3.03. The predicted octanol–water partition coefficient (Wildman–Crippen LogP) is 1.35. The van der Waals surface area contributed by atoms with E-state index >= 15 is 0 Å². The SMILES string of the molecule is CCC(C)(N)C(=O)NCC(C(C)C)N1CCCC1. The third-order valence-corrected chi connectivity index (χ3v) is 4.10. The van der Waals surface area contributed by atoms with E-state index in [1.807, 2.05) is 6.92 Å². The number of nitrogens with one attached hydrogen (secondary N) is 1. The first kappa shape index (κ1) is 15.4. The van der Waals surface area contributed by atoms with Gasteiger partial charge in [-0.1, -0.05) is 20.8 Å². The minimum Gasteiger partial charge on any atom is -0.353 e. The number of rotatable bonds is 6. The number of likely N-dealkylation sites (tertiary alicyclic amines) is 1. The quantitative estimate of drug-likeness (QED) is 0.753. The molecule has 0 bridgehead atoms. The summed E-state index contributed by atoms with van der Waals surface area (Å²) in [6, 6.07) is 0.434. The minimum atomic E-state index is -0.744. The van der Waals surface area contributed by atoms with Gasteiger partial charge in [-0.3, -0.25) is 9.69 Å². The topological polar surface area (TPSA) is 58.4 Å². The molecule has 3 N–H and O–H groups in total. The Hall–Kier alpha value is -0.610. The molecule has 4 heteroatoms. The van der Waals surface area contributed by atoms with Crippen LogP contribution in [-0.4, -0.2) is 42.0 Å². The normalized spacial score (nSPS) is 21.9. The van der Waals surface area contributed by atoms with Crippen molar-refractivity contribution in [1.29, 1.82) is 0 Å². The molecule has 0 aliphatic carbocycles. The largest absolute Gasteiger partial charge is 0.353 e. The zero-order valence-electron chi connectivity index (χ0n) is 12.3. The lowest BCUT2D eigenvalue weighted by Crippen LogP contribution is -2.54. The van der Waals surface area contributed by atoms with Gasteiger partial charge < -0.3 is 11.1 Å². The van der Waals surface area contributed by atoms with Crippen LogP contribution < -0.4 is 11.1 Å². The van der Waals surface area contributed by atoms with Gasteiger partial charge in [0.15, 0.2) is 0 Å². The van der Waals surface area contributed by atoms with Gasteiger partial charge in [-0.05, 0) is 45.2 Å². The second kappa shape index (κ2) is 6.53. The molecule has 0 aromatic carbocycles. The summed E-state index contributed by atoms with van der Waals surface area (Å²) in [6.45, 7) is 11.2. The van der Waals surface area contributed by atoms with Gasteiger partial charge in [0.25, 0.3) is 0 Å². The van der Waals surface area contributed by atoms with E-state index in [0.717, 1.165) is 13.1 Å². The van der Waals surface area contributed by atoms with Crippen molar-refractivity contribution in [2.24, 2.45) is 11.7 Å². The van der Waals surface area contributed by atoms with Crippen molar-refractivity contribution >= 4 is 5.91 Å². The molecule has 2 unspecified atom stereocenters. The van der Waals surface area contributed by atoms with Crippen LogP contribution in [0.4, 0.5) is 0 Å². The predicted molar refractivity (Wildman–Crippen MR) is 75.3 cm³/mol. The van der Waals surface area contributed by atoms with Gasteiger partial charge in [0.05, 0.1) is 5.54 Å². The number of hydrogen-bond donors (Lipinski definition) is 2. The Morgan fingerprint density at radius 2 is 1.94 bits per heavy atom. The molecular formula is C14H29N3O. The minimum absolute atomic E-state index is 0.0325. The Morgan fingerprint density at radius 1 is 1.39 bits per heavy atom. The number of nitrogens with zero attached hydrogens (tertiary/aromatic N) is 1. The zero-order valence-corrected chi connectivity index (χ0v) is 12.3. The fraction of sp³-hybridized carbons (Fsp3) is 0.929. The number of amides is 1. The summed E-state index contributed by atoms with van der Waals surface area (Å²) in [5.41, 5.74) is 5.21. The number of carbonyl (C=O) groups is 1. The Morgan fingerprint density at radius 3 is 2.39 bits per heavy atom. The molecule has 1 saturated heterocycles. The van der Waals surface area contributed by atoms with Gasteiger partial charge in [0.1, 0.15) is 0 Å². The highest BCUT2D eigenvalue weighted by Crippen LogP contribution is 2.17. The Bertz CT molecular complexity index is 270. The van der Waals surface area contributed by atoms with Gasteiger partial charge in [-0.15, -0.1) is 0 Å². The second-order valence-electron chi connectivity index (χ2n) is 6.04. The number of carbonyl (C=O) groups excluding carboxylic acids is 1. The first-order valence-corrected chi connectivity index (χ1v) is 7.19. The third-order valence-electron chi connectivity index (χ3n) is 4.10. The molecule has 1 heterocycles. The lowest BCUT2D eigenvalue weighted by Gasteiger charge is -2.32. The van der Waals surface area contributed by atoms with Crippen molar-refractivity contribution in [1.82, 2.24) is 10.2 Å². The molecule has 0 spiro atoms. The summed E-state index contributed by atoms with van der Waals surface area (Å²) in [6.07, 6.45) is 3.22. The molecular weight excluding hydrogens is 226 g/mol. The highest BCUT2D eigenvalue weighted by Gasteiger charge is 2.29. The first-order chi connectivity index (χ1) is 8.38. The van der Waals surface area contributed by atoms with Gasteiger partial charge in [0.2, 0.25) is 5.91 Å². The van der Waals surface area contributed by atoms with Crippen LogP contribution in [0.15, 0.2) is 0 Å². The molecule has 4 nitrogen and oxygen atoms in total. The molecule has 1 amide bonds. The molecule has 18 heavy (non-hydrogen) atoms. The lowest BCUT2D eigenvalue weighted by molar-refractivity contribution is -0.126. The average molecular weight is 255 g/mol. The van der Waals surface area contributed by atoms with Crippen LogP contribution in [0.3, 0.4) is 0 Å². The summed E-state index contributed by atoms with van der Waals surface area (Å²) < 4.78 is 0. The van der Waals surface area contributed by atoms with E-state index in [9.17, 15) is 4.79 Å². The van der Waals surface area contributed by atoms with Gasteiger partial charge in [-0.25, -0.2) is 0 Å². The fourth-order valence-corrected chi connectivity index (χ4v) is 2.42. The molecule has 1 aliphatic rings. The van der Waals surface area contributed by atoms with E-state index in [1.54, 1.807) is 6.92 Å². The molecule has 0 radical (unpaired) electrons. The molecule has 106 valence electrons. The highest BCUT2D eigenvalue weighted by molar-refractivity contribution is 5.85. The molecule has 0 aromatic heterocycles. The van der Waals surface area contributed by atoms with Crippen molar-refractivity contribution in [3.63, 3.8) is 0 Å². The summed E-state index contributed by atoms with van der Waals surface area (Å²) in [7, 11) is 0. The Labute approximate surface area is 111 Å². The molecule has 1 fully saturated rings. The monoisotopic (exact) mass is 255 g/mol. The second-order valence-corrected chi connectivity index (χ2v) is 6.04. The summed E-state index contributed by atoms with van der Waals surface area (Å²) in [4.78, 5) is 14.5. The Balaban J connectivity index is 2.50.